The maximum atomic E-state index is 9.61. The summed E-state index contributed by atoms with van der Waals surface area (Å²) in [6.07, 6.45) is 7.68. The van der Waals surface area contributed by atoms with Crippen molar-refractivity contribution in [2.24, 2.45) is 4.99 Å². The van der Waals surface area contributed by atoms with Crippen LogP contribution in [0.4, 0.5) is 0 Å². The molecule has 0 aromatic carbocycles. The van der Waals surface area contributed by atoms with Crippen LogP contribution in [-0.4, -0.2) is 37.2 Å². The monoisotopic (exact) mass is 226 g/mol. The van der Waals surface area contributed by atoms with Crippen LogP contribution in [0.2, 0.25) is 0 Å². The van der Waals surface area contributed by atoms with E-state index in [0.29, 0.717) is 13.2 Å². The summed E-state index contributed by atoms with van der Waals surface area (Å²) in [7, 11) is 0. The molecule has 4 nitrogen and oxygen atoms in total. The van der Waals surface area contributed by atoms with E-state index in [9.17, 15) is 5.11 Å². The molecule has 4 heteroatoms. The molecule has 1 unspecified atom stereocenters. The molecule has 1 aliphatic heterocycles. The summed E-state index contributed by atoms with van der Waals surface area (Å²) in [5, 5.41) is 12.7. The molecular weight excluding hydrogens is 204 g/mol. The molecule has 1 atom stereocenters. The molecular formula is C12H22N2O2. The SMILES string of the molecule is CCCCOCC(O)CNC1=CCCC=N1. The van der Waals surface area contributed by atoms with E-state index in [0.717, 1.165) is 38.1 Å². The van der Waals surface area contributed by atoms with Gasteiger partial charge in [0.05, 0.1) is 12.7 Å². The Bertz CT molecular complexity index is 239. The first-order chi connectivity index (χ1) is 7.83. The molecule has 0 saturated heterocycles. The van der Waals surface area contributed by atoms with Gasteiger partial charge in [-0.1, -0.05) is 13.3 Å². The van der Waals surface area contributed by atoms with Crippen LogP contribution in [0.25, 0.3) is 0 Å². The Morgan fingerprint density at radius 3 is 3.12 bits per heavy atom. The van der Waals surface area contributed by atoms with Crippen molar-refractivity contribution in [1.29, 1.82) is 0 Å². The van der Waals surface area contributed by atoms with Crippen LogP contribution in [0.1, 0.15) is 32.6 Å². The smallest absolute Gasteiger partial charge is 0.121 e. The topological polar surface area (TPSA) is 53.9 Å². The van der Waals surface area contributed by atoms with Crippen molar-refractivity contribution in [3.8, 4) is 0 Å². The van der Waals surface area contributed by atoms with Crippen LogP contribution >= 0.6 is 0 Å². The molecule has 0 radical (unpaired) electrons. The molecule has 0 aliphatic carbocycles. The molecule has 0 spiro atoms. The number of allylic oxidation sites excluding steroid dienone is 1. The third-order valence-corrected chi connectivity index (χ3v) is 2.34. The second-order valence-electron chi connectivity index (χ2n) is 3.94. The zero-order valence-corrected chi connectivity index (χ0v) is 9.98. The molecule has 1 rings (SSSR count). The standard InChI is InChI=1S/C12H22N2O2/c1-2-3-8-16-10-11(15)9-14-12-6-4-5-7-13-12/h6-7,11,14-15H,2-5,8-10H2,1H3. The third-order valence-electron chi connectivity index (χ3n) is 2.34. The Hall–Kier alpha value is -0.870. The lowest BCUT2D eigenvalue weighted by atomic mass is 10.2. The molecule has 0 fully saturated rings. The van der Waals surface area contributed by atoms with Crippen LogP contribution in [0, 0.1) is 0 Å². The van der Waals surface area contributed by atoms with Crippen molar-refractivity contribution < 1.29 is 9.84 Å². The van der Waals surface area contributed by atoms with Crippen molar-refractivity contribution >= 4 is 6.21 Å². The number of hydrogen-bond acceptors (Lipinski definition) is 4. The molecule has 1 heterocycles. The Balaban J connectivity index is 2.03. The highest BCUT2D eigenvalue weighted by molar-refractivity contribution is 5.60. The molecule has 0 saturated carbocycles. The van der Waals surface area contributed by atoms with Gasteiger partial charge in [0, 0.05) is 19.4 Å². The highest BCUT2D eigenvalue weighted by atomic mass is 16.5. The van der Waals surface area contributed by atoms with E-state index in [1.807, 2.05) is 12.3 Å². The molecule has 0 bridgehead atoms. The largest absolute Gasteiger partial charge is 0.389 e. The van der Waals surface area contributed by atoms with Crippen molar-refractivity contribution in [3.05, 3.63) is 11.9 Å². The Labute approximate surface area is 97.4 Å². The molecule has 0 aromatic rings. The number of nitrogens with zero attached hydrogens (tertiary/aromatic N) is 1. The lowest BCUT2D eigenvalue weighted by Crippen LogP contribution is -2.30. The molecule has 16 heavy (non-hydrogen) atoms. The number of aliphatic hydroxyl groups is 1. The second kappa shape index (κ2) is 8.30. The lowest BCUT2D eigenvalue weighted by molar-refractivity contribution is 0.0370. The van der Waals surface area contributed by atoms with E-state index in [1.54, 1.807) is 0 Å². The first-order valence-electron chi connectivity index (χ1n) is 6.05. The zero-order chi connectivity index (χ0) is 11.6. The van der Waals surface area contributed by atoms with Crippen molar-refractivity contribution in [2.45, 2.75) is 38.7 Å². The normalized spacial score (nSPS) is 17.0. The van der Waals surface area contributed by atoms with Crippen LogP contribution in [0.3, 0.4) is 0 Å². The van der Waals surface area contributed by atoms with E-state index in [-0.39, 0.29) is 0 Å². The van der Waals surface area contributed by atoms with Crippen molar-refractivity contribution in [1.82, 2.24) is 5.32 Å². The van der Waals surface area contributed by atoms with E-state index in [1.165, 1.54) is 0 Å². The van der Waals surface area contributed by atoms with Gasteiger partial charge in [-0.15, -0.1) is 0 Å². The van der Waals surface area contributed by atoms with E-state index < -0.39 is 6.10 Å². The van der Waals surface area contributed by atoms with Gasteiger partial charge in [0.15, 0.2) is 0 Å². The van der Waals surface area contributed by atoms with E-state index in [2.05, 4.69) is 17.2 Å². The van der Waals surface area contributed by atoms with Crippen LogP contribution in [-0.2, 0) is 4.74 Å². The van der Waals surface area contributed by atoms with Crippen LogP contribution in [0.5, 0.6) is 0 Å². The Morgan fingerprint density at radius 1 is 1.56 bits per heavy atom. The molecule has 2 N–H and O–H groups in total. The summed E-state index contributed by atoms with van der Waals surface area (Å²) in [6.45, 7) is 3.74. The molecule has 0 aromatic heterocycles. The average Bonchev–Trinajstić information content (AvgIpc) is 2.33. The number of aliphatic hydroxyl groups excluding tert-OH is 1. The highest BCUT2D eigenvalue weighted by Gasteiger charge is 2.05. The average molecular weight is 226 g/mol. The number of unbranched alkanes of at least 4 members (excludes halogenated alkanes) is 1. The summed E-state index contributed by atoms with van der Waals surface area (Å²) in [4.78, 5) is 4.18. The highest BCUT2D eigenvalue weighted by Crippen LogP contribution is 2.02. The van der Waals surface area contributed by atoms with Crippen molar-refractivity contribution in [3.63, 3.8) is 0 Å². The van der Waals surface area contributed by atoms with Gasteiger partial charge in [0.2, 0.25) is 0 Å². The van der Waals surface area contributed by atoms with Gasteiger partial charge in [0.1, 0.15) is 5.82 Å². The van der Waals surface area contributed by atoms with Crippen LogP contribution in [0.15, 0.2) is 16.9 Å². The second-order valence-corrected chi connectivity index (χ2v) is 3.94. The quantitative estimate of drug-likeness (QED) is 0.616. The number of hydrogen-bond donors (Lipinski definition) is 2. The van der Waals surface area contributed by atoms with E-state index in [4.69, 9.17) is 4.74 Å². The maximum absolute atomic E-state index is 9.61. The van der Waals surface area contributed by atoms with Gasteiger partial charge >= 0.3 is 0 Å². The van der Waals surface area contributed by atoms with Gasteiger partial charge in [0.25, 0.3) is 0 Å². The van der Waals surface area contributed by atoms with Crippen LogP contribution < -0.4 is 5.32 Å². The van der Waals surface area contributed by atoms with Gasteiger partial charge in [-0.2, -0.15) is 0 Å². The van der Waals surface area contributed by atoms with Gasteiger partial charge in [-0.25, -0.2) is 4.99 Å². The fraction of sp³-hybridized carbons (Fsp3) is 0.750. The number of nitrogens with one attached hydrogen (secondary N) is 1. The minimum Gasteiger partial charge on any atom is -0.389 e. The molecule has 92 valence electrons. The maximum Gasteiger partial charge on any atom is 0.121 e. The van der Waals surface area contributed by atoms with E-state index >= 15 is 0 Å². The minimum absolute atomic E-state index is 0.393. The van der Waals surface area contributed by atoms with Gasteiger partial charge in [-0.05, 0) is 25.3 Å². The predicted octanol–water partition coefficient (Wildman–Crippen LogP) is 1.46. The third kappa shape index (κ3) is 5.88. The summed E-state index contributed by atoms with van der Waals surface area (Å²) in [5.41, 5.74) is 0. The number of rotatable bonds is 8. The minimum atomic E-state index is -0.463. The summed E-state index contributed by atoms with van der Waals surface area (Å²) in [6, 6.07) is 0. The summed E-state index contributed by atoms with van der Waals surface area (Å²) >= 11 is 0. The lowest BCUT2D eigenvalue weighted by Gasteiger charge is -2.14. The number of aliphatic imine (C=N–C) groups is 1. The fourth-order valence-corrected chi connectivity index (χ4v) is 1.38. The van der Waals surface area contributed by atoms with Gasteiger partial charge < -0.3 is 15.2 Å². The number of ether oxygens (including phenoxy) is 1. The fourth-order valence-electron chi connectivity index (χ4n) is 1.38. The van der Waals surface area contributed by atoms with Crippen molar-refractivity contribution in [2.75, 3.05) is 19.8 Å². The first-order valence-corrected chi connectivity index (χ1v) is 6.05. The Kier molecular flexibility index (Phi) is 6.85. The molecule has 1 aliphatic rings. The first kappa shape index (κ1) is 13.2. The molecule has 0 amide bonds. The predicted molar refractivity (Wildman–Crippen MR) is 65.5 cm³/mol. The summed E-state index contributed by atoms with van der Waals surface area (Å²) < 4.78 is 5.33. The summed E-state index contributed by atoms with van der Waals surface area (Å²) in [5.74, 6) is 0.860. The zero-order valence-electron chi connectivity index (χ0n) is 9.98. The van der Waals surface area contributed by atoms with Gasteiger partial charge in [-0.3, -0.25) is 0 Å². The Morgan fingerprint density at radius 2 is 2.44 bits per heavy atom.